The summed E-state index contributed by atoms with van der Waals surface area (Å²) in [6.45, 7) is 4.42. The molecule has 2 rings (SSSR count). The van der Waals surface area contributed by atoms with E-state index in [-0.39, 0.29) is 23.3 Å². The largest absolute Gasteiger partial charge is 0.464 e. The first-order valence-electron chi connectivity index (χ1n) is 8.78. The Morgan fingerprint density at radius 2 is 1.91 bits per heavy atom. The maximum absolute atomic E-state index is 12.4. The van der Waals surface area contributed by atoms with E-state index in [9.17, 15) is 9.59 Å². The van der Waals surface area contributed by atoms with Crippen LogP contribution >= 0.6 is 11.8 Å². The normalized spacial score (nSPS) is 26.2. The molecule has 0 spiro atoms. The first-order valence-corrected chi connectivity index (χ1v) is 9.83. The van der Waals surface area contributed by atoms with E-state index in [1.54, 1.807) is 11.8 Å². The molecule has 0 N–H and O–H groups in total. The van der Waals surface area contributed by atoms with Gasteiger partial charge in [-0.2, -0.15) is 0 Å². The molecule has 0 aromatic heterocycles. The maximum Gasteiger partial charge on any atom is 0.329 e. The highest BCUT2D eigenvalue weighted by Crippen LogP contribution is 2.41. The molecule has 2 unspecified atom stereocenters. The molecule has 1 amide bonds. The van der Waals surface area contributed by atoms with Crippen molar-refractivity contribution in [2.24, 2.45) is 5.92 Å². The van der Waals surface area contributed by atoms with E-state index in [0.717, 1.165) is 12.8 Å². The molecule has 1 aliphatic heterocycles. The lowest BCUT2D eigenvalue weighted by molar-refractivity contribution is -0.154. The van der Waals surface area contributed by atoms with Gasteiger partial charge in [-0.15, -0.1) is 11.8 Å². The van der Waals surface area contributed by atoms with Crippen molar-refractivity contribution in [1.82, 2.24) is 4.90 Å². The fraction of sp³-hybridized carbons (Fsp3) is 0.882. The zero-order valence-electron chi connectivity index (χ0n) is 13.9. The predicted octanol–water partition coefficient (Wildman–Crippen LogP) is 3.59. The fourth-order valence-corrected chi connectivity index (χ4v) is 5.05. The van der Waals surface area contributed by atoms with E-state index < -0.39 is 0 Å². The number of hydrogen-bond acceptors (Lipinski definition) is 4. The Morgan fingerprint density at radius 1 is 1.18 bits per heavy atom. The summed E-state index contributed by atoms with van der Waals surface area (Å²) >= 11 is 1.78. The monoisotopic (exact) mass is 327 g/mol. The van der Waals surface area contributed by atoms with Gasteiger partial charge in [0, 0.05) is 12.2 Å². The number of esters is 1. The molecular formula is C17H29NO3S. The highest BCUT2D eigenvalue weighted by Gasteiger charge is 2.44. The molecule has 4 nitrogen and oxygen atoms in total. The van der Waals surface area contributed by atoms with Crippen molar-refractivity contribution in [2.75, 3.05) is 12.4 Å². The fourth-order valence-electron chi connectivity index (χ4n) is 3.40. The molecule has 0 aromatic carbocycles. The Kier molecular flexibility index (Phi) is 7.06. The van der Waals surface area contributed by atoms with Crippen molar-refractivity contribution < 1.29 is 14.3 Å². The first-order chi connectivity index (χ1) is 10.7. The molecule has 22 heavy (non-hydrogen) atoms. The third-order valence-corrected chi connectivity index (χ3v) is 6.15. The van der Waals surface area contributed by atoms with E-state index in [1.807, 2.05) is 11.8 Å². The van der Waals surface area contributed by atoms with Crippen LogP contribution in [-0.2, 0) is 14.3 Å². The van der Waals surface area contributed by atoms with Gasteiger partial charge in [-0.3, -0.25) is 4.79 Å². The maximum atomic E-state index is 12.4. The van der Waals surface area contributed by atoms with Gasteiger partial charge >= 0.3 is 5.97 Å². The lowest BCUT2D eigenvalue weighted by Crippen LogP contribution is -2.48. The van der Waals surface area contributed by atoms with E-state index in [2.05, 4.69) is 6.92 Å². The van der Waals surface area contributed by atoms with E-state index in [0.29, 0.717) is 24.7 Å². The van der Waals surface area contributed by atoms with Crippen LogP contribution in [0, 0.1) is 5.92 Å². The second-order valence-electron chi connectivity index (χ2n) is 6.31. The van der Waals surface area contributed by atoms with Crippen LogP contribution < -0.4 is 0 Å². The lowest BCUT2D eigenvalue weighted by Gasteiger charge is -2.35. The van der Waals surface area contributed by atoms with Crippen molar-refractivity contribution in [2.45, 2.75) is 76.6 Å². The van der Waals surface area contributed by atoms with Crippen molar-refractivity contribution in [3.63, 3.8) is 0 Å². The minimum atomic E-state index is -0.374. The number of thioether (sulfide) groups is 1. The number of amides is 1. The molecule has 5 heteroatoms. The van der Waals surface area contributed by atoms with Crippen LogP contribution in [0.15, 0.2) is 0 Å². The number of hydrogen-bond donors (Lipinski definition) is 0. The standard InChI is InChI=1S/C17H29NO3S/c1-3-5-11-21-17(20)14-12-22-16(18(14)15(19)4-2)13-9-7-6-8-10-13/h13-14,16H,3-12H2,1-2H3. The SMILES string of the molecule is CCCCOC(=O)C1CSC(C2CCCCC2)N1C(=O)CC. The second kappa shape index (κ2) is 8.80. The molecular weight excluding hydrogens is 298 g/mol. The Hall–Kier alpha value is -0.710. The van der Waals surface area contributed by atoms with Crippen LogP contribution in [0.5, 0.6) is 0 Å². The van der Waals surface area contributed by atoms with E-state index in [4.69, 9.17) is 4.74 Å². The summed E-state index contributed by atoms with van der Waals surface area (Å²) in [5, 5.41) is 0.177. The van der Waals surface area contributed by atoms with Crippen molar-refractivity contribution in [3.8, 4) is 0 Å². The highest BCUT2D eigenvalue weighted by molar-refractivity contribution is 8.00. The van der Waals surface area contributed by atoms with E-state index in [1.165, 1.54) is 32.1 Å². The summed E-state index contributed by atoms with van der Waals surface area (Å²) in [6, 6.07) is -0.374. The molecule has 0 radical (unpaired) electrons. The van der Waals surface area contributed by atoms with Gasteiger partial charge in [0.1, 0.15) is 6.04 Å². The van der Waals surface area contributed by atoms with Gasteiger partial charge in [0.2, 0.25) is 5.91 Å². The van der Waals surface area contributed by atoms with Crippen molar-refractivity contribution in [1.29, 1.82) is 0 Å². The third-order valence-electron chi connectivity index (χ3n) is 4.69. The van der Waals surface area contributed by atoms with Crippen LogP contribution in [0.3, 0.4) is 0 Å². The van der Waals surface area contributed by atoms with Gasteiger partial charge < -0.3 is 9.64 Å². The smallest absolute Gasteiger partial charge is 0.329 e. The Balaban J connectivity index is 2.03. The summed E-state index contributed by atoms with van der Waals surface area (Å²) < 4.78 is 5.38. The summed E-state index contributed by atoms with van der Waals surface area (Å²) in [5.74, 6) is 1.12. The zero-order chi connectivity index (χ0) is 15.9. The third kappa shape index (κ3) is 4.18. The Bertz CT molecular complexity index is 382. The molecule has 2 atom stereocenters. The number of nitrogens with zero attached hydrogens (tertiary/aromatic N) is 1. The highest BCUT2D eigenvalue weighted by atomic mass is 32.2. The minimum Gasteiger partial charge on any atom is -0.464 e. The molecule has 1 saturated carbocycles. The molecule has 2 fully saturated rings. The average Bonchev–Trinajstić information content (AvgIpc) is 3.00. The van der Waals surface area contributed by atoms with Gasteiger partial charge in [-0.05, 0) is 25.2 Å². The summed E-state index contributed by atoms with van der Waals surface area (Å²) in [6.07, 6.45) is 8.53. The zero-order valence-corrected chi connectivity index (χ0v) is 14.7. The molecule has 1 heterocycles. The number of ether oxygens (including phenoxy) is 1. The quantitative estimate of drug-likeness (QED) is 0.552. The van der Waals surface area contributed by atoms with Gasteiger partial charge in [-0.1, -0.05) is 39.5 Å². The van der Waals surface area contributed by atoms with Crippen LogP contribution in [0.4, 0.5) is 0 Å². The van der Waals surface area contributed by atoms with Crippen molar-refractivity contribution in [3.05, 3.63) is 0 Å². The summed E-state index contributed by atoms with van der Waals surface area (Å²) in [4.78, 5) is 26.6. The van der Waals surface area contributed by atoms with Gasteiger partial charge in [-0.25, -0.2) is 4.79 Å². The summed E-state index contributed by atoms with van der Waals surface area (Å²) in [5.41, 5.74) is 0. The van der Waals surface area contributed by atoms with Gasteiger partial charge in [0.15, 0.2) is 0 Å². The van der Waals surface area contributed by atoms with Crippen LogP contribution in [0.1, 0.15) is 65.2 Å². The number of carbonyl (C=O) groups excluding carboxylic acids is 2. The molecule has 1 saturated heterocycles. The number of unbranched alkanes of at least 4 members (excludes halogenated alkanes) is 1. The molecule has 126 valence electrons. The topological polar surface area (TPSA) is 46.6 Å². The Labute approximate surface area is 138 Å². The lowest BCUT2D eigenvalue weighted by atomic mass is 9.88. The van der Waals surface area contributed by atoms with Crippen LogP contribution in [0.25, 0.3) is 0 Å². The van der Waals surface area contributed by atoms with Crippen LogP contribution in [-0.4, -0.2) is 40.6 Å². The van der Waals surface area contributed by atoms with Gasteiger partial charge in [0.05, 0.1) is 12.0 Å². The van der Waals surface area contributed by atoms with E-state index >= 15 is 0 Å². The predicted molar refractivity (Wildman–Crippen MR) is 89.6 cm³/mol. The molecule has 1 aliphatic carbocycles. The average molecular weight is 327 g/mol. The first kappa shape index (κ1) is 17.6. The number of rotatable bonds is 6. The molecule has 0 aromatic rings. The van der Waals surface area contributed by atoms with Gasteiger partial charge in [0.25, 0.3) is 0 Å². The summed E-state index contributed by atoms with van der Waals surface area (Å²) in [7, 11) is 0. The van der Waals surface area contributed by atoms with Crippen molar-refractivity contribution >= 4 is 23.6 Å². The molecule has 2 aliphatic rings. The number of carbonyl (C=O) groups is 2. The van der Waals surface area contributed by atoms with Crippen LogP contribution in [0.2, 0.25) is 0 Å². The second-order valence-corrected chi connectivity index (χ2v) is 7.46. The Morgan fingerprint density at radius 3 is 2.55 bits per heavy atom. The minimum absolute atomic E-state index is 0.0954. The molecule has 0 bridgehead atoms.